The molecule has 2 fully saturated rings. The number of fused-ring (bicyclic) bond motifs is 2. The van der Waals surface area contributed by atoms with Gasteiger partial charge in [-0.05, 0) is 19.3 Å². The summed E-state index contributed by atoms with van der Waals surface area (Å²) in [5, 5.41) is 9.11. The average molecular weight is 241 g/mol. The lowest BCUT2D eigenvalue weighted by molar-refractivity contribution is -0.143. The number of carboxylic acid groups (broad SMARTS) is 1. The second kappa shape index (κ2) is 4.64. The first-order valence-electron chi connectivity index (χ1n) is 6.10. The molecule has 0 aliphatic carbocycles. The largest absolute Gasteiger partial charge is 0.481 e. The zero-order valence-corrected chi connectivity index (χ0v) is 10.3. The van der Waals surface area contributed by atoms with Crippen LogP contribution in [0.2, 0.25) is 0 Å². The van der Waals surface area contributed by atoms with Gasteiger partial charge in [-0.1, -0.05) is 6.92 Å². The molecule has 17 heavy (non-hydrogen) atoms. The van der Waals surface area contributed by atoms with Gasteiger partial charge in [0.1, 0.15) is 0 Å². The van der Waals surface area contributed by atoms with Crippen molar-refractivity contribution in [1.29, 1.82) is 0 Å². The number of methoxy groups -OCH3 is 1. The number of carbonyl (C=O) groups is 2. The summed E-state index contributed by atoms with van der Waals surface area (Å²) >= 11 is 0. The molecular weight excluding hydrogens is 222 g/mol. The van der Waals surface area contributed by atoms with E-state index in [1.165, 1.54) is 0 Å². The predicted octanol–water partition coefficient (Wildman–Crippen LogP) is 0.733. The van der Waals surface area contributed by atoms with Gasteiger partial charge in [0, 0.05) is 19.2 Å². The van der Waals surface area contributed by atoms with Gasteiger partial charge in [0.15, 0.2) is 0 Å². The van der Waals surface area contributed by atoms with Gasteiger partial charge in [-0.15, -0.1) is 0 Å². The molecule has 0 radical (unpaired) electrons. The monoisotopic (exact) mass is 241 g/mol. The number of rotatable bonds is 4. The van der Waals surface area contributed by atoms with Crippen LogP contribution in [0.4, 0.5) is 0 Å². The molecule has 0 aromatic carbocycles. The van der Waals surface area contributed by atoms with Crippen LogP contribution in [0, 0.1) is 11.8 Å². The number of ether oxygens (including phenoxy) is 1. The van der Waals surface area contributed by atoms with Gasteiger partial charge < -0.3 is 14.7 Å². The van der Waals surface area contributed by atoms with Crippen LogP contribution in [0.3, 0.4) is 0 Å². The zero-order chi connectivity index (χ0) is 12.6. The van der Waals surface area contributed by atoms with Crippen LogP contribution < -0.4 is 0 Å². The maximum absolute atomic E-state index is 12.2. The van der Waals surface area contributed by atoms with E-state index in [0.717, 1.165) is 12.8 Å². The maximum atomic E-state index is 12.2. The fourth-order valence-electron chi connectivity index (χ4n) is 3.17. The van der Waals surface area contributed by atoms with E-state index in [1.807, 2.05) is 11.8 Å². The Morgan fingerprint density at radius 3 is 2.71 bits per heavy atom. The van der Waals surface area contributed by atoms with Crippen LogP contribution in [0.1, 0.15) is 26.2 Å². The molecule has 5 nitrogen and oxygen atoms in total. The summed E-state index contributed by atoms with van der Waals surface area (Å²) in [6.07, 6.45) is 2.39. The molecule has 2 aliphatic heterocycles. The first-order valence-corrected chi connectivity index (χ1v) is 6.10. The zero-order valence-electron chi connectivity index (χ0n) is 10.3. The highest BCUT2D eigenvalue weighted by molar-refractivity contribution is 5.82. The van der Waals surface area contributed by atoms with Crippen LogP contribution in [-0.4, -0.2) is 47.7 Å². The third-order valence-corrected chi connectivity index (χ3v) is 3.95. The Balaban J connectivity index is 2.08. The van der Waals surface area contributed by atoms with E-state index in [9.17, 15) is 9.59 Å². The Labute approximate surface area is 101 Å². The molecule has 4 atom stereocenters. The average Bonchev–Trinajstić information content (AvgIpc) is 2.85. The van der Waals surface area contributed by atoms with Crippen molar-refractivity contribution in [3.63, 3.8) is 0 Å². The Bertz CT molecular complexity index is 330. The Kier molecular flexibility index (Phi) is 3.38. The summed E-state index contributed by atoms with van der Waals surface area (Å²) in [5.74, 6) is -1.28. The van der Waals surface area contributed by atoms with Crippen molar-refractivity contribution in [3.05, 3.63) is 0 Å². The lowest BCUT2D eigenvalue weighted by Gasteiger charge is -2.26. The first-order chi connectivity index (χ1) is 8.06. The third kappa shape index (κ3) is 2.04. The highest BCUT2D eigenvalue weighted by Crippen LogP contribution is 2.42. The van der Waals surface area contributed by atoms with E-state index in [0.29, 0.717) is 13.0 Å². The molecule has 2 heterocycles. The van der Waals surface area contributed by atoms with Gasteiger partial charge in [0.2, 0.25) is 5.91 Å². The van der Waals surface area contributed by atoms with Gasteiger partial charge in [-0.2, -0.15) is 0 Å². The molecule has 2 aliphatic rings. The number of aliphatic carboxylic acids is 1. The second-order valence-corrected chi connectivity index (χ2v) is 5.08. The van der Waals surface area contributed by atoms with Crippen LogP contribution in [-0.2, 0) is 14.3 Å². The van der Waals surface area contributed by atoms with Crippen molar-refractivity contribution in [1.82, 2.24) is 4.90 Å². The molecule has 1 N–H and O–H groups in total. The molecule has 0 aromatic rings. The van der Waals surface area contributed by atoms with Crippen molar-refractivity contribution in [3.8, 4) is 0 Å². The van der Waals surface area contributed by atoms with Crippen LogP contribution in [0.5, 0.6) is 0 Å². The smallest absolute Gasteiger partial charge is 0.308 e. The van der Waals surface area contributed by atoms with Gasteiger partial charge >= 0.3 is 5.97 Å². The van der Waals surface area contributed by atoms with Crippen LogP contribution in [0.15, 0.2) is 0 Å². The minimum absolute atomic E-state index is 0.0445. The second-order valence-electron chi connectivity index (χ2n) is 5.08. The molecule has 2 saturated heterocycles. The van der Waals surface area contributed by atoms with Crippen molar-refractivity contribution < 1.29 is 19.4 Å². The molecule has 0 aromatic heterocycles. The van der Waals surface area contributed by atoms with Crippen LogP contribution >= 0.6 is 0 Å². The Morgan fingerprint density at radius 2 is 2.18 bits per heavy atom. The third-order valence-electron chi connectivity index (χ3n) is 3.95. The number of hydrogen-bond acceptors (Lipinski definition) is 3. The molecular formula is C12H19NO4. The van der Waals surface area contributed by atoms with Gasteiger partial charge in [-0.3, -0.25) is 9.59 Å². The number of carbonyl (C=O) groups excluding carboxylic acids is 1. The summed E-state index contributed by atoms with van der Waals surface area (Å²) < 4.78 is 4.99. The SMILES string of the molecule is COCC(C)C(=O)N1C2CCC1C(C(=O)O)C2. The number of amides is 1. The van der Waals surface area contributed by atoms with E-state index in [2.05, 4.69) is 0 Å². The topological polar surface area (TPSA) is 66.8 Å². The molecule has 0 spiro atoms. The summed E-state index contributed by atoms with van der Waals surface area (Å²) in [7, 11) is 1.57. The summed E-state index contributed by atoms with van der Waals surface area (Å²) in [6, 6.07) is 0.0391. The fraction of sp³-hybridized carbons (Fsp3) is 0.833. The Morgan fingerprint density at radius 1 is 1.47 bits per heavy atom. The van der Waals surface area contributed by atoms with Crippen molar-refractivity contribution in [2.24, 2.45) is 11.8 Å². The van der Waals surface area contributed by atoms with Crippen molar-refractivity contribution >= 4 is 11.9 Å². The molecule has 96 valence electrons. The standard InChI is InChI=1S/C12H19NO4/c1-7(6-17-2)11(14)13-8-3-4-10(13)9(5-8)12(15)16/h7-10H,3-6H2,1-2H3,(H,15,16). The molecule has 1 amide bonds. The van der Waals surface area contributed by atoms with Gasteiger partial charge in [-0.25, -0.2) is 0 Å². The maximum Gasteiger partial charge on any atom is 0.308 e. The molecule has 2 rings (SSSR count). The molecule has 5 heteroatoms. The number of nitrogens with zero attached hydrogens (tertiary/aromatic N) is 1. The van der Waals surface area contributed by atoms with E-state index >= 15 is 0 Å². The lowest BCUT2D eigenvalue weighted by atomic mass is 9.89. The van der Waals surface area contributed by atoms with Gasteiger partial charge in [0.05, 0.1) is 18.4 Å². The van der Waals surface area contributed by atoms with Crippen LogP contribution in [0.25, 0.3) is 0 Å². The van der Waals surface area contributed by atoms with Crippen molar-refractivity contribution in [2.45, 2.75) is 38.3 Å². The Hall–Kier alpha value is -1.10. The van der Waals surface area contributed by atoms with Gasteiger partial charge in [0.25, 0.3) is 0 Å². The van der Waals surface area contributed by atoms with E-state index in [1.54, 1.807) is 7.11 Å². The highest BCUT2D eigenvalue weighted by Gasteiger charge is 2.51. The fourth-order valence-corrected chi connectivity index (χ4v) is 3.17. The van der Waals surface area contributed by atoms with Crippen molar-refractivity contribution in [2.75, 3.05) is 13.7 Å². The highest BCUT2D eigenvalue weighted by atomic mass is 16.5. The van der Waals surface area contributed by atoms with E-state index in [4.69, 9.17) is 9.84 Å². The normalized spacial score (nSPS) is 32.8. The number of carboxylic acids is 1. The van der Waals surface area contributed by atoms with E-state index in [-0.39, 0.29) is 29.8 Å². The lowest BCUT2D eigenvalue weighted by Crippen LogP contribution is -2.41. The summed E-state index contributed by atoms with van der Waals surface area (Å²) in [4.78, 5) is 25.1. The van der Waals surface area contributed by atoms with E-state index < -0.39 is 5.97 Å². The first kappa shape index (κ1) is 12.4. The molecule has 0 saturated carbocycles. The molecule has 4 unspecified atom stereocenters. The summed E-state index contributed by atoms with van der Waals surface area (Å²) in [5.41, 5.74) is 0. The quantitative estimate of drug-likeness (QED) is 0.788. The minimum atomic E-state index is -0.769. The summed E-state index contributed by atoms with van der Waals surface area (Å²) in [6.45, 7) is 2.23. The minimum Gasteiger partial charge on any atom is -0.481 e. The predicted molar refractivity (Wildman–Crippen MR) is 60.4 cm³/mol. The molecule has 2 bridgehead atoms. The number of hydrogen-bond donors (Lipinski definition) is 1.